The van der Waals surface area contributed by atoms with Crippen molar-refractivity contribution in [2.45, 2.75) is 25.3 Å². The van der Waals surface area contributed by atoms with Gasteiger partial charge < -0.3 is 24.4 Å². The Morgan fingerprint density at radius 2 is 1.81 bits per heavy atom. The molecule has 0 unspecified atom stereocenters. The topological polar surface area (TPSA) is 96.4 Å². The number of likely N-dealkylation sites (tertiary alicyclic amines) is 1. The number of para-hydroxylation sites is 1. The summed E-state index contributed by atoms with van der Waals surface area (Å²) in [5, 5.41) is 11.5. The molecule has 4 rings (SSSR count). The van der Waals surface area contributed by atoms with E-state index >= 15 is 0 Å². The lowest BCUT2D eigenvalue weighted by Gasteiger charge is -2.34. The zero-order valence-corrected chi connectivity index (χ0v) is 20.5. The second-order valence-electron chi connectivity index (χ2n) is 8.66. The molecule has 188 valence electrons. The molecule has 2 aromatic carbocycles. The predicted molar refractivity (Wildman–Crippen MR) is 136 cm³/mol. The number of amides is 2. The molecule has 2 amide bonds. The number of anilines is 1. The van der Waals surface area contributed by atoms with E-state index in [2.05, 4.69) is 6.58 Å². The number of ether oxygens (including phenoxy) is 2. The first kappa shape index (κ1) is 25.2. The van der Waals surface area contributed by atoms with E-state index in [1.807, 2.05) is 13.0 Å². The molecule has 1 N–H and O–H groups in total. The van der Waals surface area contributed by atoms with Crippen LogP contribution in [0.25, 0.3) is 5.76 Å². The highest BCUT2D eigenvalue weighted by molar-refractivity contribution is 6.50. The van der Waals surface area contributed by atoms with Crippen molar-refractivity contribution in [1.82, 2.24) is 4.90 Å². The summed E-state index contributed by atoms with van der Waals surface area (Å²) in [6.45, 7) is 6.76. The van der Waals surface area contributed by atoms with Crippen molar-refractivity contribution in [3.05, 3.63) is 77.9 Å². The van der Waals surface area contributed by atoms with Crippen molar-refractivity contribution in [2.24, 2.45) is 0 Å². The zero-order chi connectivity index (χ0) is 25.9. The number of rotatable bonds is 10. The van der Waals surface area contributed by atoms with E-state index in [0.29, 0.717) is 55.2 Å². The van der Waals surface area contributed by atoms with Crippen molar-refractivity contribution in [2.75, 3.05) is 38.3 Å². The van der Waals surface area contributed by atoms with Gasteiger partial charge in [0.2, 0.25) is 0 Å². The van der Waals surface area contributed by atoms with Crippen LogP contribution in [-0.2, 0) is 24.7 Å². The lowest BCUT2D eigenvalue weighted by Crippen LogP contribution is -2.52. The molecule has 0 bridgehead atoms. The summed E-state index contributed by atoms with van der Waals surface area (Å²) in [5.41, 5.74) is -0.541. The zero-order valence-electron chi connectivity index (χ0n) is 20.5. The number of methoxy groups -OCH3 is 1. The standard InChI is InChI=1S/C28H30N2O6/c1-4-15-29-22-10-7-6-9-21(22)28(27(29)34)23(25(32)26(33)30(28)16-8-18-35-3)24(31)19-11-13-20(14-12-19)36-17-5-2/h5-7,9-14,31H,2,4,8,15-18H2,1,3H3/t28-/m0/s1. The summed E-state index contributed by atoms with van der Waals surface area (Å²) < 4.78 is 10.7. The Labute approximate surface area is 210 Å². The quantitative estimate of drug-likeness (QED) is 0.180. The van der Waals surface area contributed by atoms with Gasteiger partial charge in [-0.25, -0.2) is 0 Å². The van der Waals surface area contributed by atoms with Gasteiger partial charge in [0.15, 0.2) is 5.54 Å². The molecule has 0 aliphatic carbocycles. The van der Waals surface area contributed by atoms with Gasteiger partial charge in [-0.1, -0.05) is 37.8 Å². The largest absolute Gasteiger partial charge is 0.507 e. The van der Waals surface area contributed by atoms with Gasteiger partial charge in [0.05, 0.1) is 11.3 Å². The van der Waals surface area contributed by atoms with Crippen molar-refractivity contribution < 1.29 is 29.0 Å². The summed E-state index contributed by atoms with van der Waals surface area (Å²) in [6.07, 6.45) is 2.71. The molecule has 8 heteroatoms. The molecule has 2 aliphatic rings. The summed E-state index contributed by atoms with van der Waals surface area (Å²) in [6, 6.07) is 13.6. The van der Waals surface area contributed by atoms with E-state index in [1.165, 1.54) is 4.90 Å². The number of benzene rings is 2. The maximum absolute atomic E-state index is 14.2. The van der Waals surface area contributed by atoms with Crippen LogP contribution in [0.5, 0.6) is 5.75 Å². The number of hydrogen-bond acceptors (Lipinski definition) is 6. The molecule has 8 nitrogen and oxygen atoms in total. The fourth-order valence-corrected chi connectivity index (χ4v) is 4.99. The highest BCUT2D eigenvalue weighted by Gasteiger charge is 2.66. The van der Waals surface area contributed by atoms with Crippen molar-refractivity contribution in [3.8, 4) is 5.75 Å². The second kappa shape index (κ2) is 10.4. The summed E-state index contributed by atoms with van der Waals surface area (Å²) in [4.78, 5) is 44.0. The van der Waals surface area contributed by atoms with Crippen molar-refractivity contribution in [3.63, 3.8) is 0 Å². The number of aliphatic hydroxyl groups is 1. The van der Waals surface area contributed by atoms with Gasteiger partial charge in [-0.2, -0.15) is 0 Å². The van der Waals surface area contributed by atoms with Gasteiger partial charge in [-0.05, 0) is 43.2 Å². The molecule has 1 spiro atoms. The van der Waals surface area contributed by atoms with Crippen molar-refractivity contribution in [1.29, 1.82) is 0 Å². The van der Waals surface area contributed by atoms with Gasteiger partial charge in [0, 0.05) is 37.9 Å². The Hall–Kier alpha value is -3.91. The number of aliphatic hydroxyl groups excluding tert-OH is 1. The summed E-state index contributed by atoms with van der Waals surface area (Å²) in [5.74, 6) is -1.98. The average molecular weight is 491 g/mol. The summed E-state index contributed by atoms with van der Waals surface area (Å²) in [7, 11) is 1.55. The first-order valence-corrected chi connectivity index (χ1v) is 12.0. The lowest BCUT2D eigenvalue weighted by atomic mass is 9.82. The molecular weight excluding hydrogens is 460 g/mol. The van der Waals surface area contributed by atoms with E-state index in [4.69, 9.17) is 9.47 Å². The van der Waals surface area contributed by atoms with Crippen LogP contribution in [-0.4, -0.2) is 61.0 Å². The Morgan fingerprint density at radius 1 is 1.08 bits per heavy atom. The maximum Gasteiger partial charge on any atom is 0.296 e. The van der Waals surface area contributed by atoms with Gasteiger partial charge in [0.25, 0.3) is 17.6 Å². The maximum atomic E-state index is 14.2. The van der Waals surface area contributed by atoms with Crippen LogP contribution in [0.4, 0.5) is 5.69 Å². The monoisotopic (exact) mass is 490 g/mol. The number of fused-ring (bicyclic) bond motifs is 2. The smallest absolute Gasteiger partial charge is 0.296 e. The van der Waals surface area contributed by atoms with E-state index in [9.17, 15) is 19.5 Å². The minimum Gasteiger partial charge on any atom is -0.507 e. The van der Waals surface area contributed by atoms with Gasteiger partial charge in [-0.15, -0.1) is 0 Å². The molecule has 36 heavy (non-hydrogen) atoms. The molecule has 0 radical (unpaired) electrons. The van der Waals surface area contributed by atoms with Crippen LogP contribution >= 0.6 is 0 Å². The van der Waals surface area contributed by atoms with E-state index in [-0.39, 0.29) is 12.1 Å². The van der Waals surface area contributed by atoms with Crippen LogP contribution < -0.4 is 9.64 Å². The van der Waals surface area contributed by atoms with Gasteiger partial charge in [-0.3, -0.25) is 14.4 Å². The predicted octanol–water partition coefficient (Wildman–Crippen LogP) is 3.62. The second-order valence-corrected chi connectivity index (χ2v) is 8.66. The Morgan fingerprint density at radius 3 is 2.47 bits per heavy atom. The van der Waals surface area contributed by atoms with Gasteiger partial charge >= 0.3 is 0 Å². The first-order chi connectivity index (χ1) is 17.4. The number of hydrogen-bond donors (Lipinski definition) is 1. The molecule has 2 aromatic rings. The third-order valence-corrected chi connectivity index (χ3v) is 6.48. The normalized spacial score (nSPS) is 20.3. The number of ketones is 1. The number of nitrogens with zero attached hydrogens (tertiary/aromatic N) is 2. The average Bonchev–Trinajstić information content (AvgIpc) is 3.27. The molecule has 2 heterocycles. The molecule has 1 fully saturated rings. The minimum atomic E-state index is -1.75. The van der Waals surface area contributed by atoms with Crippen molar-refractivity contribution >= 4 is 29.0 Å². The SMILES string of the molecule is C=CCOc1ccc(C(O)=C2C(=O)C(=O)N(CCCOC)[C@]23C(=O)N(CCC)c2ccccc23)cc1. The Bertz CT molecular complexity index is 1220. The molecule has 0 saturated carbocycles. The molecule has 1 atom stereocenters. The van der Waals surface area contributed by atoms with E-state index in [1.54, 1.807) is 60.6 Å². The third-order valence-electron chi connectivity index (χ3n) is 6.48. The van der Waals surface area contributed by atoms with E-state index in [0.717, 1.165) is 0 Å². The summed E-state index contributed by atoms with van der Waals surface area (Å²) >= 11 is 0. The number of carbonyl (C=O) groups is 3. The fourth-order valence-electron chi connectivity index (χ4n) is 4.99. The first-order valence-electron chi connectivity index (χ1n) is 12.0. The fraction of sp³-hybridized carbons (Fsp3) is 0.321. The Kier molecular flexibility index (Phi) is 7.26. The highest BCUT2D eigenvalue weighted by Crippen LogP contribution is 2.53. The van der Waals surface area contributed by atoms with Crippen LogP contribution in [0.1, 0.15) is 30.9 Å². The highest BCUT2D eigenvalue weighted by atomic mass is 16.5. The van der Waals surface area contributed by atoms with Crippen LogP contribution in [0.3, 0.4) is 0 Å². The Balaban J connectivity index is 1.94. The third kappa shape index (κ3) is 3.87. The van der Waals surface area contributed by atoms with Gasteiger partial charge in [0.1, 0.15) is 18.1 Å². The number of Topliss-reactive ketones (excluding diaryl/α,β-unsaturated/α-hetero) is 1. The molecule has 1 saturated heterocycles. The van der Waals surface area contributed by atoms with Crippen LogP contribution in [0, 0.1) is 0 Å². The number of carbonyl (C=O) groups excluding carboxylic acids is 3. The lowest BCUT2D eigenvalue weighted by molar-refractivity contribution is -0.143. The molecular formula is C28H30N2O6. The molecule has 2 aliphatic heterocycles. The minimum absolute atomic E-state index is 0.115. The van der Waals surface area contributed by atoms with Crippen LogP contribution in [0.15, 0.2) is 66.8 Å². The molecule has 0 aromatic heterocycles. The van der Waals surface area contributed by atoms with Crippen LogP contribution in [0.2, 0.25) is 0 Å². The van der Waals surface area contributed by atoms with E-state index < -0.39 is 28.9 Å².